The third-order valence-electron chi connectivity index (χ3n) is 4.11. The lowest BCUT2D eigenvalue weighted by molar-refractivity contribution is 0.0952. The van der Waals surface area contributed by atoms with Crippen LogP contribution in [-0.4, -0.2) is 57.7 Å². The molecule has 2 heterocycles. The summed E-state index contributed by atoms with van der Waals surface area (Å²) < 4.78 is 7.78. The Kier molecular flexibility index (Phi) is 8.06. The molecule has 10 heteroatoms. The number of ether oxygens (including phenoxy) is 1. The second kappa shape index (κ2) is 10.7. The van der Waals surface area contributed by atoms with Crippen molar-refractivity contribution in [3.05, 3.63) is 40.5 Å². The molecular weight excluding hydrogens is 468 g/mol. The number of hydrogen-bond donors (Lipinski definition) is 2. The summed E-state index contributed by atoms with van der Waals surface area (Å²) in [7, 11) is 1.66. The summed E-state index contributed by atoms with van der Waals surface area (Å²) in [5, 5.41) is 12.6. The highest BCUT2D eigenvalue weighted by molar-refractivity contribution is 9.10. The lowest BCUT2D eigenvalue weighted by Crippen LogP contribution is -2.27. The number of hydrogen-bond acceptors (Lipinski definition) is 7. The maximum absolute atomic E-state index is 12.4. The van der Waals surface area contributed by atoms with Crippen molar-refractivity contribution in [2.24, 2.45) is 0 Å². The minimum absolute atomic E-state index is 0.125. The summed E-state index contributed by atoms with van der Waals surface area (Å²) in [6, 6.07) is 7.30. The van der Waals surface area contributed by atoms with Gasteiger partial charge in [-0.05, 0) is 18.2 Å². The number of carbonyl (C=O) groups excluding carboxylic acids is 1. The van der Waals surface area contributed by atoms with Crippen LogP contribution < -0.4 is 10.6 Å². The van der Waals surface area contributed by atoms with Crippen LogP contribution in [0.5, 0.6) is 0 Å². The lowest BCUT2D eigenvalue weighted by Gasteiger charge is -2.11. The number of halogens is 1. The number of anilines is 1. The van der Waals surface area contributed by atoms with Crippen LogP contribution in [0.15, 0.2) is 40.1 Å². The molecular formula is C20H25BrN6O2S. The van der Waals surface area contributed by atoms with Crippen LogP contribution in [-0.2, 0) is 11.3 Å². The first kappa shape index (κ1) is 22.5. The molecule has 1 aromatic carbocycles. The average molecular weight is 493 g/mol. The molecule has 0 saturated heterocycles. The Hall–Kier alpha value is -2.17. The largest absolute Gasteiger partial charge is 0.383 e. The monoisotopic (exact) mass is 492 g/mol. The van der Waals surface area contributed by atoms with Crippen molar-refractivity contribution in [1.29, 1.82) is 0 Å². The van der Waals surface area contributed by atoms with Gasteiger partial charge < -0.3 is 15.4 Å². The molecule has 0 aliphatic heterocycles. The number of nitrogens with zero attached hydrogens (tertiary/aromatic N) is 4. The van der Waals surface area contributed by atoms with E-state index in [1.807, 2.05) is 12.1 Å². The number of fused-ring (bicyclic) bond motifs is 1. The summed E-state index contributed by atoms with van der Waals surface area (Å²) >= 11 is 4.98. The number of nitrogens with one attached hydrogen (secondary N) is 2. The van der Waals surface area contributed by atoms with E-state index in [9.17, 15) is 4.79 Å². The number of rotatable bonds is 10. The highest BCUT2D eigenvalue weighted by Crippen LogP contribution is 2.26. The fourth-order valence-electron chi connectivity index (χ4n) is 2.78. The van der Waals surface area contributed by atoms with Gasteiger partial charge in [-0.15, -0.1) is 0 Å². The Labute approximate surface area is 188 Å². The number of amides is 1. The molecule has 30 heavy (non-hydrogen) atoms. The minimum atomic E-state index is -0.125. The SMILES string of the molecule is COCCNc1nc(SC(C)C)nc2c1cnn2CCNC(=O)c1cccc(Br)c1. The van der Waals surface area contributed by atoms with E-state index < -0.39 is 0 Å². The molecule has 2 aromatic heterocycles. The molecule has 3 rings (SSSR count). The predicted octanol–water partition coefficient (Wildman–Crippen LogP) is 3.58. The van der Waals surface area contributed by atoms with E-state index in [0.29, 0.717) is 42.2 Å². The van der Waals surface area contributed by atoms with E-state index in [4.69, 9.17) is 9.72 Å². The van der Waals surface area contributed by atoms with Gasteiger partial charge >= 0.3 is 0 Å². The van der Waals surface area contributed by atoms with Gasteiger partial charge in [-0.2, -0.15) is 5.10 Å². The number of methoxy groups -OCH3 is 1. The first-order valence-electron chi connectivity index (χ1n) is 9.64. The van der Waals surface area contributed by atoms with Crippen LogP contribution >= 0.6 is 27.7 Å². The molecule has 0 atom stereocenters. The second-order valence-electron chi connectivity index (χ2n) is 6.81. The third-order valence-corrected chi connectivity index (χ3v) is 5.47. The summed E-state index contributed by atoms with van der Waals surface area (Å²) in [6.45, 7) is 6.36. The molecule has 0 bridgehead atoms. The highest BCUT2D eigenvalue weighted by atomic mass is 79.9. The molecule has 0 aliphatic rings. The first-order chi connectivity index (χ1) is 14.5. The van der Waals surface area contributed by atoms with Gasteiger partial charge in [0.25, 0.3) is 5.91 Å². The van der Waals surface area contributed by atoms with E-state index in [1.165, 1.54) is 0 Å². The number of benzene rings is 1. The van der Waals surface area contributed by atoms with Crippen molar-refractivity contribution in [2.45, 2.75) is 30.8 Å². The fourth-order valence-corrected chi connectivity index (χ4v) is 3.88. The van der Waals surface area contributed by atoms with Gasteiger partial charge in [-0.3, -0.25) is 4.79 Å². The van der Waals surface area contributed by atoms with E-state index in [2.05, 4.69) is 50.5 Å². The standard InChI is InChI=1S/C20H25BrN6O2S/c1-13(2)30-20-25-17(22-8-10-29-3)16-12-24-27(18(16)26-20)9-7-23-19(28)14-5-4-6-15(21)11-14/h4-6,11-13H,7-10H2,1-3H3,(H,23,28)(H,22,25,26). The quantitative estimate of drug-likeness (QED) is 0.253. The predicted molar refractivity (Wildman–Crippen MR) is 123 cm³/mol. The van der Waals surface area contributed by atoms with Gasteiger partial charge in [0.2, 0.25) is 0 Å². The number of thioether (sulfide) groups is 1. The molecule has 3 aromatic rings. The summed E-state index contributed by atoms with van der Waals surface area (Å²) in [5.41, 5.74) is 1.35. The summed E-state index contributed by atoms with van der Waals surface area (Å²) in [5.74, 6) is 0.616. The third kappa shape index (κ3) is 5.93. The summed E-state index contributed by atoms with van der Waals surface area (Å²) in [4.78, 5) is 21.7. The molecule has 160 valence electrons. The normalized spacial score (nSPS) is 11.2. The Balaban J connectivity index is 1.74. The molecule has 0 unspecified atom stereocenters. The van der Waals surface area contributed by atoms with Gasteiger partial charge in [-0.25, -0.2) is 14.6 Å². The zero-order chi connectivity index (χ0) is 21.5. The zero-order valence-corrected chi connectivity index (χ0v) is 19.6. The number of aromatic nitrogens is 4. The molecule has 0 fully saturated rings. The molecule has 0 aliphatic carbocycles. The van der Waals surface area contributed by atoms with Gasteiger partial charge in [0.1, 0.15) is 5.82 Å². The van der Waals surface area contributed by atoms with E-state index in [-0.39, 0.29) is 5.91 Å². The van der Waals surface area contributed by atoms with Gasteiger partial charge in [0, 0.05) is 35.5 Å². The van der Waals surface area contributed by atoms with Crippen LogP contribution in [0.2, 0.25) is 0 Å². The van der Waals surface area contributed by atoms with Crippen molar-refractivity contribution < 1.29 is 9.53 Å². The van der Waals surface area contributed by atoms with E-state index in [0.717, 1.165) is 21.3 Å². The molecule has 2 N–H and O–H groups in total. The van der Waals surface area contributed by atoms with Crippen LogP contribution in [0.3, 0.4) is 0 Å². The topological polar surface area (TPSA) is 94.0 Å². The van der Waals surface area contributed by atoms with Crippen LogP contribution in [0, 0.1) is 0 Å². The molecule has 0 radical (unpaired) electrons. The Bertz CT molecular complexity index is 1010. The van der Waals surface area contributed by atoms with Gasteiger partial charge in [0.15, 0.2) is 10.8 Å². The van der Waals surface area contributed by atoms with E-state index >= 15 is 0 Å². The fraction of sp³-hybridized carbons (Fsp3) is 0.400. The second-order valence-corrected chi connectivity index (χ2v) is 9.27. The molecule has 0 spiro atoms. The van der Waals surface area contributed by atoms with Crippen LogP contribution in [0.25, 0.3) is 11.0 Å². The smallest absolute Gasteiger partial charge is 0.251 e. The molecule has 0 saturated carbocycles. The number of carbonyl (C=O) groups is 1. The summed E-state index contributed by atoms with van der Waals surface area (Å²) in [6.07, 6.45) is 1.75. The van der Waals surface area contributed by atoms with Gasteiger partial charge in [0.05, 0.1) is 24.7 Å². The van der Waals surface area contributed by atoms with Crippen LogP contribution in [0.4, 0.5) is 5.82 Å². The Morgan fingerprint density at radius 3 is 2.87 bits per heavy atom. The Morgan fingerprint density at radius 2 is 2.13 bits per heavy atom. The molecule has 1 amide bonds. The maximum Gasteiger partial charge on any atom is 0.251 e. The van der Waals surface area contributed by atoms with Gasteiger partial charge in [-0.1, -0.05) is 47.6 Å². The Morgan fingerprint density at radius 1 is 1.30 bits per heavy atom. The first-order valence-corrected chi connectivity index (χ1v) is 11.3. The average Bonchev–Trinajstić information content (AvgIpc) is 3.10. The van der Waals surface area contributed by atoms with Crippen molar-refractivity contribution in [1.82, 2.24) is 25.1 Å². The van der Waals surface area contributed by atoms with Crippen molar-refractivity contribution >= 4 is 50.5 Å². The maximum atomic E-state index is 12.4. The zero-order valence-electron chi connectivity index (χ0n) is 17.2. The minimum Gasteiger partial charge on any atom is -0.383 e. The van der Waals surface area contributed by atoms with Crippen molar-refractivity contribution in [3.8, 4) is 0 Å². The molecule has 8 nitrogen and oxygen atoms in total. The van der Waals surface area contributed by atoms with Crippen molar-refractivity contribution in [3.63, 3.8) is 0 Å². The lowest BCUT2D eigenvalue weighted by atomic mass is 10.2. The van der Waals surface area contributed by atoms with Crippen LogP contribution in [0.1, 0.15) is 24.2 Å². The van der Waals surface area contributed by atoms with E-state index in [1.54, 1.807) is 41.9 Å². The highest BCUT2D eigenvalue weighted by Gasteiger charge is 2.14. The van der Waals surface area contributed by atoms with Crippen molar-refractivity contribution in [2.75, 3.05) is 32.1 Å².